The molecule has 6 nitrogen and oxygen atoms in total. The summed E-state index contributed by atoms with van der Waals surface area (Å²) < 4.78 is 31.6. The molecule has 27 heavy (non-hydrogen) atoms. The zero-order valence-corrected chi connectivity index (χ0v) is 14.4. The highest BCUT2D eigenvalue weighted by Gasteiger charge is 2.08. The van der Waals surface area contributed by atoms with Crippen LogP contribution in [0.2, 0.25) is 0 Å². The Morgan fingerprint density at radius 1 is 1.07 bits per heavy atom. The summed E-state index contributed by atoms with van der Waals surface area (Å²) >= 11 is 0. The molecular formula is C19H16F2N4O2. The molecule has 0 amide bonds. The zero-order chi connectivity index (χ0) is 19.2. The van der Waals surface area contributed by atoms with Crippen LogP contribution in [0.4, 0.5) is 31.9 Å². The molecule has 3 aromatic rings. The van der Waals surface area contributed by atoms with Crippen LogP contribution in [0.5, 0.6) is 0 Å². The van der Waals surface area contributed by atoms with Gasteiger partial charge in [-0.15, -0.1) is 0 Å². The minimum Gasteiger partial charge on any atom is -0.462 e. The normalized spacial score (nSPS) is 10.3. The van der Waals surface area contributed by atoms with E-state index in [1.165, 1.54) is 12.3 Å². The Morgan fingerprint density at radius 3 is 2.56 bits per heavy atom. The van der Waals surface area contributed by atoms with Crippen LogP contribution >= 0.6 is 0 Å². The SMILES string of the molecule is CCOC(=O)c1ccc(Nc2ccnc(Nc3ccc(F)cc3F)n2)cc1. The number of benzene rings is 2. The van der Waals surface area contributed by atoms with Crippen molar-refractivity contribution in [3.63, 3.8) is 0 Å². The summed E-state index contributed by atoms with van der Waals surface area (Å²) in [6, 6.07) is 11.5. The second-order valence-corrected chi connectivity index (χ2v) is 5.44. The number of anilines is 4. The van der Waals surface area contributed by atoms with Gasteiger partial charge in [-0.25, -0.2) is 18.6 Å². The number of carbonyl (C=O) groups is 1. The van der Waals surface area contributed by atoms with E-state index >= 15 is 0 Å². The molecule has 2 aromatic carbocycles. The van der Waals surface area contributed by atoms with E-state index in [0.29, 0.717) is 23.7 Å². The fourth-order valence-corrected chi connectivity index (χ4v) is 2.25. The van der Waals surface area contributed by atoms with Crippen molar-refractivity contribution in [1.82, 2.24) is 9.97 Å². The Balaban J connectivity index is 1.71. The van der Waals surface area contributed by atoms with Gasteiger partial charge in [0, 0.05) is 18.0 Å². The first-order chi connectivity index (χ1) is 13.0. The molecule has 0 bridgehead atoms. The monoisotopic (exact) mass is 370 g/mol. The van der Waals surface area contributed by atoms with E-state index in [2.05, 4.69) is 20.6 Å². The quantitative estimate of drug-likeness (QED) is 0.626. The largest absolute Gasteiger partial charge is 0.462 e. The number of hydrogen-bond acceptors (Lipinski definition) is 6. The van der Waals surface area contributed by atoms with Crippen LogP contribution in [-0.2, 0) is 4.74 Å². The van der Waals surface area contributed by atoms with Gasteiger partial charge in [-0.05, 0) is 49.4 Å². The average Bonchev–Trinajstić information content (AvgIpc) is 2.65. The van der Waals surface area contributed by atoms with E-state index in [9.17, 15) is 13.6 Å². The number of nitrogens with zero attached hydrogens (tertiary/aromatic N) is 2. The van der Waals surface area contributed by atoms with Crippen molar-refractivity contribution in [2.24, 2.45) is 0 Å². The lowest BCUT2D eigenvalue weighted by molar-refractivity contribution is 0.0526. The number of halogens is 2. The molecule has 3 rings (SSSR count). The van der Waals surface area contributed by atoms with Gasteiger partial charge in [0.2, 0.25) is 5.95 Å². The lowest BCUT2D eigenvalue weighted by atomic mass is 10.2. The molecule has 0 saturated carbocycles. The van der Waals surface area contributed by atoms with Gasteiger partial charge in [0.15, 0.2) is 0 Å². The van der Waals surface area contributed by atoms with Crippen LogP contribution < -0.4 is 10.6 Å². The standard InChI is InChI=1S/C19H16F2N4O2/c1-2-27-18(26)12-3-6-14(7-4-12)23-17-9-10-22-19(25-17)24-16-8-5-13(20)11-15(16)21/h3-11H,2H2,1H3,(H2,22,23,24,25). The summed E-state index contributed by atoms with van der Waals surface area (Å²) in [6.07, 6.45) is 1.49. The molecule has 0 spiro atoms. The third kappa shape index (κ3) is 4.75. The molecule has 0 radical (unpaired) electrons. The van der Waals surface area contributed by atoms with Crippen LogP contribution in [0.25, 0.3) is 0 Å². The maximum atomic E-state index is 13.7. The van der Waals surface area contributed by atoms with Crippen LogP contribution in [0.15, 0.2) is 54.7 Å². The Hall–Kier alpha value is -3.55. The highest BCUT2D eigenvalue weighted by Crippen LogP contribution is 2.20. The fourth-order valence-electron chi connectivity index (χ4n) is 2.25. The number of rotatable bonds is 6. The fraction of sp³-hybridized carbons (Fsp3) is 0.105. The van der Waals surface area contributed by atoms with Crippen molar-refractivity contribution in [2.45, 2.75) is 6.92 Å². The molecule has 0 aliphatic carbocycles. The second kappa shape index (κ2) is 8.22. The van der Waals surface area contributed by atoms with E-state index in [1.807, 2.05) is 0 Å². The summed E-state index contributed by atoms with van der Waals surface area (Å²) in [5.74, 6) is -1.20. The van der Waals surface area contributed by atoms with Crippen LogP contribution in [0.3, 0.4) is 0 Å². The molecule has 0 aliphatic rings. The molecule has 138 valence electrons. The molecule has 0 unspecified atom stereocenters. The average molecular weight is 370 g/mol. The molecule has 0 atom stereocenters. The smallest absolute Gasteiger partial charge is 0.338 e. The van der Waals surface area contributed by atoms with Crippen molar-refractivity contribution < 1.29 is 18.3 Å². The van der Waals surface area contributed by atoms with Crippen molar-refractivity contribution >= 4 is 29.1 Å². The third-order valence-corrected chi connectivity index (χ3v) is 3.50. The van der Waals surface area contributed by atoms with Gasteiger partial charge >= 0.3 is 5.97 Å². The number of hydrogen-bond donors (Lipinski definition) is 2. The molecule has 1 heterocycles. The highest BCUT2D eigenvalue weighted by molar-refractivity contribution is 5.89. The first-order valence-corrected chi connectivity index (χ1v) is 8.14. The van der Waals surface area contributed by atoms with Gasteiger partial charge < -0.3 is 15.4 Å². The topological polar surface area (TPSA) is 76.1 Å². The van der Waals surface area contributed by atoms with Gasteiger partial charge in [0.05, 0.1) is 17.9 Å². The van der Waals surface area contributed by atoms with Crippen molar-refractivity contribution in [1.29, 1.82) is 0 Å². The lowest BCUT2D eigenvalue weighted by Crippen LogP contribution is -2.04. The molecule has 8 heteroatoms. The Labute approximate surface area is 154 Å². The number of carbonyl (C=O) groups excluding carboxylic acids is 1. The lowest BCUT2D eigenvalue weighted by Gasteiger charge is -2.09. The predicted octanol–water partition coefficient (Wildman–Crippen LogP) is 4.42. The van der Waals surface area contributed by atoms with E-state index < -0.39 is 11.6 Å². The van der Waals surface area contributed by atoms with Gasteiger partial charge in [-0.2, -0.15) is 4.98 Å². The maximum Gasteiger partial charge on any atom is 0.338 e. The van der Waals surface area contributed by atoms with E-state index in [-0.39, 0.29) is 17.6 Å². The van der Waals surface area contributed by atoms with E-state index in [0.717, 1.165) is 12.1 Å². The van der Waals surface area contributed by atoms with Crippen LogP contribution in [0.1, 0.15) is 17.3 Å². The number of nitrogens with one attached hydrogen (secondary N) is 2. The van der Waals surface area contributed by atoms with Crippen molar-refractivity contribution in [3.8, 4) is 0 Å². The van der Waals surface area contributed by atoms with Crippen LogP contribution in [-0.4, -0.2) is 22.5 Å². The summed E-state index contributed by atoms with van der Waals surface area (Å²) in [5, 5.41) is 5.75. The van der Waals surface area contributed by atoms with Gasteiger partial charge in [0.25, 0.3) is 0 Å². The first kappa shape index (κ1) is 18.2. The molecule has 0 aliphatic heterocycles. The minimum absolute atomic E-state index is 0.0624. The summed E-state index contributed by atoms with van der Waals surface area (Å²) in [7, 11) is 0. The Morgan fingerprint density at radius 2 is 1.85 bits per heavy atom. The molecule has 0 saturated heterocycles. The van der Waals surface area contributed by atoms with Crippen molar-refractivity contribution in [2.75, 3.05) is 17.2 Å². The number of aromatic nitrogens is 2. The van der Waals surface area contributed by atoms with E-state index in [1.54, 1.807) is 37.3 Å². The van der Waals surface area contributed by atoms with Gasteiger partial charge in [-0.1, -0.05) is 0 Å². The molecular weight excluding hydrogens is 354 g/mol. The third-order valence-electron chi connectivity index (χ3n) is 3.50. The molecule has 1 aromatic heterocycles. The van der Waals surface area contributed by atoms with Crippen molar-refractivity contribution in [3.05, 3.63) is 71.9 Å². The van der Waals surface area contributed by atoms with Crippen LogP contribution in [0, 0.1) is 11.6 Å². The minimum atomic E-state index is -0.744. The first-order valence-electron chi connectivity index (χ1n) is 8.14. The highest BCUT2D eigenvalue weighted by atomic mass is 19.1. The van der Waals surface area contributed by atoms with E-state index in [4.69, 9.17) is 4.74 Å². The number of ether oxygens (including phenoxy) is 1. The second-order valence-electron chi connectivity index (χ2n) is 5.44. The molecule has 2 N–H and O–H groups in total. The van der Waals surface area contributed by atoms with Gasteiger partial charge in [-0.3, -0.25) is 0 Å². The predicted molar refractivity (Wildman–Crippen MR) is 97.4 cm³/mol. The zero-order valence-electron chi connectivity index (χ0n) is 14.4. The maximum absolute atomic E-state index is 13.7. The Kier molecular flexibility index (Phi) is 5.55. The molecule has 0 fully saturated rings. The van der Waals surface area contributed by atoms with Gasteiger partial charge in [0.1, 0.15) is 17.5 Å². The number of esters is 1. The summed E-state index contributed by atoms with van der Waals surface area (Å²) in [4.78, 5) is 19.9. The summed E-state index contributed by atoms with van der Waals surface area (Å²) in [5.41, 5.74) is 1.20. The Bertz CT molecular complexity index is 949. The summed E-state index contributed by atoms with van der Waals surface area (Å²) in [6.45, 7) is 2.05.